The van der Waals surface area contributed by atoms with Gasteiger partial charge in [-0.1, -0.05) is 30.3 Å². The SMILES string of the molecule is O=S([O-])c1c(F)ccc2ccccc12. The topological polar surface area (TPSA) is 40.1 Å². The molecule has 0 aliphatic rings. The molecule has 1 atom stereocenters. The Morgan fingerprint density at radius 2 is 1.86 bits per heavy atom. The normalized spacial score (nSPS) is 13.0. The van der Waals surface area contributed by atoms with Crippen molar-refractivity contribution in [3.05, 3.63) is 42.2 Å². The molecule has 2 aromatic rings. The van der Waals surface area contributed by atoms with Gasteiger partial charge in [-0.05, 0) is 27.9 Å². The lowest BCUT2D eigenvalue weighted by Gasteiger charge is -2.09. The van der Waals surface area contributed by atoms with Crippen LogP contribution in [0.4, 0.5) is 4.39 Å². The van der Waals surface area contributed by atoms with E-state index in [-0.39, 0.29) is 4.90 Å². The third-order valence-corrected chi connectivity index (χ3v) is 2.75. The fourth-order valence-corrected chi connectivity index (χ4v) is 1.98. The summed E-state index contributed by atoms with van der Waals surface area (Å²) in [5.41, 5.74) is 0. The summed E-state index contributed by atoms with van der Waals surface area (Å²) in [6.07, 6.45) is 0. The van der Waals surface area contributed by atoms with Gasteiger partial charge >= 0.3 is 0 Å². The molecular weight excluding hydrogens is 203 g/mol. The molecule has 0 saturated heterocycles. The zero-order chi connectivity index (χ0) is 10.1. The highest BCUT2D eigenvalue weighted by molar-refractivity contribution is 7.79. The lowest BCUT2D eigenvalue weighted by molar-refractivity contribution is 0.525. The highest BCUT2D eigenvalue weighted by Gasteiger charge is 2.06. The molecule has 0 aliphatic heterocycles. The highest BCUT2D eigenvalue weighted by Crippen LogP contribution is 2.23. The maximum atomic E-state index is 13.2. The van der Waals surface area contributed by atoms with Gasteiger partial charge in [-0.25, -0.2) is 4.39 Å². The van der Waals surface area contributed by atoms with Crippen LogP contribution in [0.3, 0.4) is 0 Å². The van der Waals surface area contributed by atoms with E-state index in [2.05, 4.69) is 0 Å². The molecule has 2 aromatic carbocycles. The summed E-state index contributed by atoms with van der Waals surface area (Å²) < 4.78 is 34.8. The lowest BCUT2D eigenvalue weighted by Crippen LogP contribution is -1.95. The molecule has 14 heavy (non-hydrogen) atoms. The number of halogens is 1. The Hall–Kier alpha value is -1.26. The number of hydrogen-bond acceptors (Lipinski definition) is 2. The molecule has 2 rings (SSSR count). The highest BCUT2D eigenvalue weighted by atomic mass is 32.2. The molecule has 0 amide bonds. The second kappa shape index (κ2) is 3.48. The standard InChI is InChI=1S/C10H7FO2S/c11-9-6-5-7-3-1-2-4-8(7)10(9)14(12)13/h1-6H,(H,12,13)/p-1. The van der Waals surface area contributed by atoms with E-state index >= 15 is 0 Å². The molecule has 0 aliphatic carbocycles. The van der Waals surface area contributed by atoms with Crippen LogP contribution >= 0.6 is 0 Å². The van der Waals surface area contributed by atoms with Gasteiger partial charge in [0.15, 0.2) is 0 Å². The van der Waals surface area contributed by atoms with Crippen LogP contribution in [0.15, 0.2) is 41.3 Å². The van der Waals surface area contributed by atoms with E-state index in [9.17, 15) is 13.2 Å². The van der Waals surface area contributed by atoms with Gasteiger partial charge in [0.1, 0.15) is 5.82 Å². The molecule has 0 spiro atoms. The maximum Gasteiger partial charge on any atom is 0.138 e. The van der Waals surface area contributed by atoms with E-state index in [1.54, 1.807) is 30.3 Å². The van der Waals surface area contributed by atoms with E-state index < -0.39 is 16.9 Å². The van der Waals surface area contributed by atoms with E-state index in [4.69, 9.17) is 0 Å². The molecule has 0 heterocycles. The predicted octanol–water partition coefficient (Wildman–Crippen LogP) is 2.22. The molecule has 72 valence electrons. The van der Waals surface area contributed by atoms with Gasteiger partial charge in [0.2, 0.25) is 0 Å². The van der Waals surface area contributed by atoms with Gasteiger partial charge in [0, 0.05) is 0 Å². The van der Waals surface area contributed by atoms with Crippen molar-refractivity contribution in [2.24, 2.45) is 0 Å². The largest absolute Gasteiger partial charge is 0.768 e. The van der Waals surface area contributed by atoms with Gasteiger partial charge in [-0.3, -0.25) is 4.21 Å². The third kappa shape index (κ3) is 1.42. The molecule has 0 aromatic heterocycles. The summed E-state index contributed by atoms with van der Waals surface area (Å²) >= 11 is -2.54. The monoisotopic (exact) mass is 209 g/mol. The van der Waals surface area contributed by atoms with Crippen molar-refractivity contribution in [1.82, 2.24) is 0 Å². The van der Waals surface area contributed by atoms with Crippen molar-refractivity contribution in [2.45, 2.75) is 4.90 Å². The van der Waals surface area contributed by atoms with Crippen molar-refractivity contribution >= 4 is 21.9 Å². The van der Waals surface area contributed by atoms with Crippen molar-refractivity contribution in [1.29, 1.82) is 0 Å². The Kier molecular flexibility index (Phi) is 2.31. The van der Waals surface area contributed by atoms with Crippen LogP contribution in [0.5, 0.6) is 0 Å². The van der Waals surface area contributed by atoms with Crippen LogP contribution in [0, 0.1) is 5.82 Å². The first-order chi connectivity index (χ1) is 6.70. The smallest absolute Gasteiger partial charge is 0.138 e. The molecule has 0 N–H and O–H groups in total. The second-order valence-electron chi connectivity index (χ2n) is 2.83. The van der Waals surface area contributed by atoms with E-state index in [1.807, 2.05) is 0 Å². The van der Waals surface area contributed by atoms with Gasteiger partial charge in [-0.2, -0.15) is 0 Å². The Morgan fingerprint density at radius 3 is 2.57 bits per heavy atom. The minimum Gasteiger partial charge on any atom is -0.768 e. The summed E-state index contributed by atoms with van der Waals surface area (Å²) in [6.45, 7) is 0. The Morgan fingerprint density at radius 1 is 1.14 bits per heavy atom. The Bertz CT molecular complexity index is 510. The number of benzene rings is 2. The predicted molar refractivity (Wildman–Crippen MR) is 51.1 cm³/mol. The lowest BCUT2D eigenvalue weighted by atomic mass is 10.1. The molecule has 0 fully saturated rings. The van der Waals surface area contributed by atoms with Gasteiger partial charge in [0.25, 0.3) is 0 Å². The minimum absolute atomic E-state index is 0.261. The summed E-state index contributed by atoms with van der Waals surface area (Å²) in [6, 6.07) is 9.50. The molecule has 1 unspecified atom stereocenters. The maximum absolute atomic E-state index is 13.2. The van der Waals surface area contributed by atoms with E-state index in [1.165, 1.54) is 0 Å². The summed E-state index contributed by atoms with van der Waals surface area (Å²) in [7, 11) is 0. The first kappa shape index (κ1) is 9.30. The Balaban J connectivity index is 2.90. The molecule has 2 nitrogen and oxygen atoms in total. The first-order valence-electron chi connectivity index (χ1n) is 3.96. The third-order valence-electron chi connectivity index (χ3n) is 2.00. The molecular formula is C10H6FO2S-. The quantitative estimate of drug-likeness (QED) is 0.675. The molecule has 4 heteroatoms. The number of hydrogen-bond donors (Lipinski definition) is 0. The van der Waals surface area contributed by atoms with Crippen molar-refractivity contribution in [3.63, 3.8) is 0 Å². The van der Waals surface area contributed by atoms with Crippen molar-refractivity contribution < 1.29 is 13.2 Å². The summed E-state index contributed by atoms with van der Waals surface area (Å²) in [5, 5.41) is 1.13. The zero-order valence-corrected chi connectivity index (χ0v) is 7.88. The Labute approximate surface area is 82.7 Å². The van der Waals surface area contributed by atoms with Crippen LogP contribution in [0.2, 0.25) is 0 Å². The zero-order valence-electron chi connectivity index (χ0n) is 7.07. The molecule has 0 bridgehead atoms. The fraction of sp³-hybridized carbons (Fsp3) is 0. The van der Waals surface area contributed by atoms with Crippen LogP contribution < -0.4 is 0 Å². The average Bonchev–Trinajstić information content (AvgIpc) is 2.17. The van der Waals surface area contributed by atoms with E-state index in [0.29, 0.717) is 10.8 Å². The molecule has 0 saturated carbocycles. The van der Waals surface area contributed by atoms with Crippen molar-refractivity contribution in [2.75, 3.05) is 0 Å². The minimum atomic E-state index is -2.54. The molecule has 0 radical (unpaired) electrons. The van der Waals surface area contributed by atoms with Gasteiger partial charge < -0.3 is 4.55 Å². The summed E-state index contributed by atoms with van der Waals surface area (Å²) in [4.78, 5) is -0.261. The fourth-order valence-electron chi connectivity index (χ4n) is 1.39. The van der Waals surface area contributed by atoms with Gasteiger partial charge in [-0.15, -0.1) is 0 Å². The van der Waals surface area contributed by atoms with Crippen LogP contribution in [0.1, 0.15) is 0 Å². The second-order valence-corrected chi connectivity index (χ2v) is 3.71. The number of rotatable bonds is 1. The average molecular weight is 209 g/mol. The van der Waals surface area contributed by atoms with Crippen LogP contribution in [-0.4, -0.2) is 8.76 Å². The van der Waals surface area contributed by atoms with Crippen LogP contribution in [-0.2, 0) is 11.1 Å². The number of fused-ring (bicyclic) bond motifs is 1. The van der Waals surface area contributed by atoms with Crippen molar-refractivity contribution in [3.8, 4) is 0 Å². The van der Waals surface area contributed by atoms with E-state index in [0.717, 1.165) is 6.07 Å². The van der Waals surface area contributed by atoms with Crippen LogP contribution in [0.25, 0.3) is 10.8 Å². The first-order valence-corrected chi connectivity index (χ1v) is 5.04. The van der Waals surface area contributed by atoms with Gasteiger partial charge in [0.05, 0.1) is 4.90 Å². The summed E-state index contributed by atoms with van der Waals surface area (Å²) in [5.74, 6) is -0.711.